The van der Waals surface area contributed by atoms with Crippen LogP contribution in [-0.2, 0) is 4.79 Å². The van der Waals surface area contributed by atoms with Crippen molar-refractivity contribution in [2.75, 3.05) is 4.90 Å². The molecule has 13 heavy (non-hydrogen) atoms. The van der Waals surface area contributed by atoms with Crippen LogP contribution in [0.5, 0.6) is 0 Å². The summed E-state index contributed by atoms with van der Waals surface area (Å²) in [7, 11) is 0. The molecule has 0 aliphatic carbocycles. The lowest BCUT2D eigenvalue weighted by Gasteiger charge is -2.21. The number of anilines is 1. The molecule has 1 saturated heterocycles. The van der Waals surface area contributed by atoms with Crippen LogP contribution in [0.2, 0.25) is 0 Å². The Labute approximate surface area is 78.2 Å². The van der Waals surface area contributed by atoms with Crippen LogP contribution >= 0.6 is 0 Å². The molecule has 68 valence electrons. The van der Waals surface area contributed by atoms with Crippen molar-refractivity contribution in [2.24, 2.45) is 0 Å². The highest BCUT2D eigenvalue weighted by molar-refractivity contribution is 5.96. The Morgan fingerprint density at radius 2 is 2.00 bits per heavy atom. The van der Waals surface area contributed by atoms with E-state index in [0.717, 1.165) is 12.1 Å². The van der Waals surface area contributed by atoms with Crippen LogP contribution in [0, 0.1) is 0 Å². The number of carbonyl (C=O) groups excluding carboxylic acids is 1. The van der Waals surface area contributed by atoms with Crippen LogP contribution in [0.15, 0.2) is 30.3 Å². The Balaban J connectivity index is 2.30. The molecule has 0 N–H and O–H groups in total. The highest BCUT2D eigenvalue weighted by atomic mass is 16.2. The average molecular weight is 175 g/mol. The summed E-state index contributed by atoms with van der Waals surface area (Å²) in [4.78, 5) is 13.4. The van der Waals surface area contributed by atoms with Gasteiger partial charge in [0, 0.05) is 18.2 Å². The van der Waals surface area contributed by atoms with Crippen LogP contribution in [0.25, 0.3) is 0 Å². The first-order valence-electron chi connectivity index (χ1n) is 4.66. The Bertz CT molecular complexity index is 307. The SMILES string of the molecule is C[C@@H]1CCC(=O)N1c1ccccc1. The van der Waals surface area contributed by atoms with Crippen molar-refractivity contribution in [1.29, 1.82) is 0 Å². The van der Waals surface area contributed by atoms with E-state index < -0.39 is 0 Å². The van der Waals surface area contributed by atoms with E-state index in [1.165, 1.54) is 0 Å². The maximum Gasteiger partial charge on any atom is 0.227 e. The molecule has 2 heteroatoms. The molecule has 0 bridgehead atoms. The number of hydrogen-bond acceptors (Lipinski definition) is 1. The molecule has 1 aliphatic heterocycles. The molecular formula is C11H13NO. The molecule has 1 amide bonds. The van der Waals surface area contributed by atoms with Gasteiger partial charge in [-0.3, -0.25) is 4.79 Å². The number of amides is 1. The first kappa shape index (κ1) is 8.30. The van der Waals surface area contributed by atoms with Gasteiger partial charge in [-0.05, 0) is 25.5 Å². The molecule has 0 spiro atoms. The minimum Gasteiger partial charge on any atom is -0.310 e. The highest BCUT2D eigenvalue weighted by Gasteiger charge is 2.28. The van der Waals surface area contributed by atoms with Crippen molar-refractivity contribution in [3.05, 3.63) is 30.3 Å². The lowest BCUT2D eigenvalue weighted by atomic mass is 10.2. The molecule has 0 aromatic heterocycles. The quantitative estimate of drug-likeness (QED) is 0.640. The molecule has 0 radical (unpaired) electrons. The van der Waals surface area contributed by atoms with Crippen LogP contribution in [-0.4, -0.2) is 11.9 Å². The molecule has 1 atom stereocenters. The van der Waals surface area contributed by atoms with Crippen molar-refractivity contribution in [3.63, 3.8) is 0 Å². The lowest BCUT2D eigenvalue weighted by Crippen LogP contribution is -2.30. The fourth-order valence-corrected chi connectivity index (χ4v) is 1.81. The van der Waals surface area contributed by atoms with Gasteiger partial charge < -0.3 is 4.90 Å². The average Bonchev–Trinajstić information content (AvgIpc) is 2.48. The van der Waals surface area contributed by atoms with E-state index in [1.807, 2.05) is 35.2 Å². The fraction of sp³-hybridized carbons (Fsp3) is 0.364. The third-order valence-electron chi connectivity index (χ3n) is 2.52. The smallest absolute Gasteiger partial charge is 0.227 e. The summed E-state index contributed by atoms with van der Waals surface area (Å²) >= 11 is 0. The molecule has 1 heterocycles. The number of hydrogen-bond donors (Lipinski definition) is 0. The zero-order valence-corrected chi connectivity index (χ0v) is 7.73. The molecule has 2 nitrogen and oxygen atoms in total. The summed E-state index contributed by atoms with van der Waals surface area (Å²) in [6.07, 6.45) is 1.67. The van der Waals surface area contributed by atoms with Gasteiger partial charge in [-0.2, -0.15) is 0 Å². The molecular weight excluding hydrogens is 162 g/mol. The zero-order valence-electron chi connectivity index (χ0n) is 7.73. The summed E-state index contributed by atoms with van der Waals surface area (Å²) in [6.45, 7) is 2.10. The molecule has 0 saturated carbocycles. The van der Waals surface area contributed by atoms with Gasteiger partial charge in [0.1, 0.15) is 0 Å². The minimum atomic E-state index is 0.249. The van der Waals surface area contributed by atoms with Gasteiger partial charge in [-0.15, -0.1) is 0 Å². The van der Waals surface area contributed by atoms with E-state index in [-0.39, 0.29) is 5.91 Å². The largest absolute Gasteiger partial charge is 0.310 e. The van der Waals surface area contributed by atoms with Crippen LogP contribution in [0.1, 0.15) is 19.8 Å². The topological polar surface area (TPSA) is 20.3 Å². The van der Waals surface area contributed by atoms with Gasteiger partial charge in [-0.1, -0.05) is 18.2 Å². The first-order chi connectivity index (χ1) is 6.29. The van der Waals surface area contributed by atoms with Crippen molar-refractivity contribution < 1.29 is 4.79 Å². The van der Waals surface area contributed by atoms with E-state index in [9.17, 15) is 4.79 Å². The third-order valence-corrected chi connectivity index (χ3v) is 2.52. The van der Waals surface area contributed by atoms with Crippen molar-refractivity contribution in [3.8, 4) is 0 Å². The molecule has 1 fully saturated rings. The highest BCUT2D eigenvalue weighted by Crippen LogP contribution is 2.25. The predicted molar refractivity (Wildman–Crippen MR) is 52.6 cm³/mol. The van der Waals surface area contributed by atoms with Crippen LogP contribution in [0.3, 0.4) is 0 Å². The molecule has 1 aliphatic rings. The Hall–Kier alpha value is -1.31. The van der Waals surface area contributed by atoms with E-state index >= 15 is 0 Å². The molecule has 0 unspecified atom stereocenters. The number of carbonyl (C=O) groups is 1. The van der Waals surface area contributed by atoms with E-state index in [4.69, 9.17) is 0 Å². The number of rotatable bonds is 1. The Kier molecular flexibility index (Phi) is 2.05. The number of nitrogens with zero attached hydrogens (tertiary/aromatic N) is 1. The van der Waals surface area contributed by atoms with E-state index in [1.54, 1.807) is 0 Å². The molecule has 2 rings (SSSR count). The minimum absolute atomic E-state index is 0.249. The standard InChI is InChI=1S/C11H13NO/c1-9-7-8-11(13)12(9)10-5-3-2-4-6-10/h2-6,9H,7-8H2,1H3/t9-/m1/s1. The Morgan fingerprint density at radius 3 is 2.54 bits per heavy atom. The van der Waals surface area contributed by atoms with Gasteiger partial charge in [0.25, 0.3) is 0 Å². The second-order valence-electron chi connectivity index (χ2n) is 3.49. The number of para-hydroxylation sites is 1. The Morgan fingerprint density at radius 1 is 1.31 bits per heavy atom. The zero-order chi connectivity index (χ0) is 9.26. The summed E-state index contributed by atoms with van der Waals surface area (Å²) < 4.78 is 0. The van der Waals surface area contributed by atoms with Gasteiger partial charge in [0.15, 0.2) is 0 Å². The third kappa shape index (κ3) is 1.44. The van der Waals surface area contributed by atoms with E-state index in [0.29, 0.717) is 12.5 Å². The van der Waals surface area contributed by atoms with Crippen molar-refractivity contribution in [2.45, 2.75) is 25.8 Å². The summed E-state index contributed by atoms with van der Waals surface area (Å²) in [5, 5.41) is 0. The van der Waals surface area contributed by atoms with Gasteiger partial charge in [-0.25, -0.2) is 0 Å². The summed E-state index contributed by atoms with van der Waals surface area (Å²) in [5.41, 5.74) is 1.03. The fourth-order valence-electron chi connectivity index (χ4n) is 1.81. The maximum absolute atomic E-state index is 11.5. The first-order valence-corrected chi connectivity index (χ1v) is 4.66. The van der Waals surface area contributed by atoms with E-state index in [2.05, 4.69) is 6.92 Å². The lowest BCUT2D eigenvalue weighted by molar-refractivity contribution is -0.117. The van der Waals surface area contributed by atoms with Crippen molar-refractivity contribution >= 4 is 11.6 Å². The molecule has 1 aromatic carbocycles. The normalized spacial score (nSPS) is 22.4. The van der Waals surface area contributed by atoms with Gasteiger partial charge in [0.2, 0.25) is 5.91 Å². The number of benzene rings is 1. The van der Waals surface area contributed by atoms with Crippen LogP contribution in [0.4, 0.5) is 5.69 Å². The summed E-state index contributed by atoms with van der Waals surface area (Å²) in [5.74, 6) is 0.249. The monoisotopic (exact) mass is 175 g/mol. The second kappa shape index (κ2) is 3.21. The maximum atomic E-state index is 11.5. The predicted octanol–water partition coefficient (Wildman–Crippen LogP) is 2.20. The van der Waals surface area contributed by atoms with Crippen LogP contribution < -0.4 is 4.90 Å². The molecule has 1 aromatic rings. The van der Waals surface area contributed by atoms with Gasteiger partial charge in [0.05, 0.1) is 0 Å². The van der Waals surface area contributed by atoms with Gasteiger partial charge >= 0.3 is 0 Å². The summed E-state index contributed by atoms with van der Waals surface area (Å²) in [6, 6.07) is 10.2. The van der Waals surface area contributed by atoms with Crippen molar-refractivity contribution in [1.82, 2.24) is 0 Å². The second-order valence-corrected chi connectivity index (χ2v) is 3.49.